The van der Waals surface area contributed by atoms with Gasteiger partial charge in [0.25, 0.3) is 0 Å². The largest absolute Gasteiger partial charge is 0.469 e. The fourth-order valence-electron chi connectivity index (χ4n) is 1.16. The molecular weight excluding hydrogens is 190 g/mol. The third-order valence-electron chi connectivity index (χ3n) is 1.80. The molecule has 1 atom stereocenters. The van der Waals surface area contributed by atoms with Crippen molar-refractivity contribution in [2.75, 3.05) is 14.2 Å². The highest BCUT2D eigenvalue weighted by Gasteiger charge is 2.13. The van der Waals surface area contributed by atoms with Crippen LogP contribution in [0, 0.1) is 5.92 Å². The molecular formula is C9H20ClNO2. The van der Waals surface area contributed by atoms with Crippen LogP contribution < -0.4 is 5.32 Å². The molecule has 0 spiro atoms. The SMILES string of the molecule is CN[C@@H](CC(=O)OC)CC(C)C.Cl. The molecule has 13 heavy (non-hydrogen) atoms. The lowest BCUT2D eigenvalue weighted by Gasteiger charge is -2.16. The molecule has 0 fully saturated rings. The van der Waals surface area contributed by atoms with Crippen molar-refractivity contribution in [1.29, 1.82) is 0 Å². The van der Waals surface area contributed by atoms with Crippen molar-refractivity contribution in [3.63, 3.8) is 0 Å². The smallest absolute Gasteiger partial charge is 0.307 e. The number of hydrogen-bond acceptors (Lipinski definition) is 3. The Balaban J connectivity index is 0. The molecule has 0 aromatic heterocycles. The van der Waals surface area contributed by atoms with Crippen molar-refractivity contribution in [2.24, 2.45) is 5.92 Å². The van der Waals surface area contributed by atoms with Crippen molar-refractivity contribution >= 4 is 18.4 Å². The summed E-state index contributed by atoms with van der Waals surface area (Å²) in [6.45, 7) is 4.28. The number of esters is 1. The van der Waals surface area contributed by atoms with Gasteiger partial charge in [-0.2, -0.15) is 0 Å². The van der Waals surface area contributed by atoms with Crippen LogP contribution in [0.25, 0.3) is 0 Å². The van der Waals surface area contributed by atoms with Gasteiger partial charge in [-0.3, -0.25) is 4.79 Å². The summed E-state index contributed by atoms with van der Waals surface area (Å²) in [7, 11) is 3.29. The average Bonchev–Trinajstić information content (AvgIpc) is 2.02. The van der Waals surface area contributed by atoms with Gasteiger partial charge in [0.05, 0.1) is 13.5 Å². The predicted molar refractivity (Wildman–Crippen MR) is 56.2 cm³/mol. The number of methoxy groups -OCH3 is 1. The summed E-state index contributed by atoms with van der Waals surface area (Å²) < 4.78 is 4.59. The number of ether oxygens (including phenoxy) is 1. The fraction of sp³-hybridized carbons (Fsp3) is 0.889. The van der Waals surface area contributed by atoms with E-state index in [0.717, 1.165) is 6.42 Å². The molecule has 0 amide bonds. The molecule has 0 aliphatic rings. The Morgan fingerprint density at radius 1 is 1.46 bits per heavy atom. The lowest BCUT2D eigenvalue weighted by molar-refractivity contribution is -0.141. The van der Waals surface area contributed by atoms with E-state index in [9.17, 15) is 4.79 Å². The van der Waals surface area contributed by atoms with Crippen LogP contribution in [0.2, 0.25) is 0 Å². The Morgan fingerprint density at radius 2 is 2.00 bits per heavy atom. The zero-order valence-electron chi connectivity index (χ0n) is 8.79. The van der Waals surface area contributed by atoms with E-state index in [1.165, 1.54) is 7.11 Å². The van der Waals surface area contributed by atoms with Crippen LogP contribution in [0.3, 0.4) is 0 Å². The molecule has 0 aliphatic carbocycles. The first-order chi connectivity index (χ1) is 5.60. The second-order valence-corrected chi connectivity index (χ2v) is 3.40. The summed E-state index contributed by atoms with van der Waals surface area (Å²) in [4.78, 5) is 10.9. The quantitative estimate of drug-likeness (QED) is 0.700. The van der Waals surface area contributed by atoms with E-state index in [2.05, 4.69) is 23.9 Å². The minimum Gasteiger partial charge on any atom is -0.469 e. The Bertz CT molecular complexity index is 140. The molecule has 0 unspecified atom stereocenters. The molecule has 0 bridgehead atoms. The summed E-state index contributed by atoms with van der Waals surface area (Å²) in [6, 6.07) is 0.248. The monoisotopic (exact) mass is 209 g/mol. The Kier molecular flexibility index (Phi) is 9.74. The summed E-state index contributed by atoms with van der Waals surface area (Å²) in [5.41, 5.74) is 0. The highest BCUT2D eigenvalue weighted by Crippen LogP contribution is 2.07. The van der Waals surface area contributed by atoms with Gasteiger partial charge < -0.3 is 10.1 Å². The van der Waals surface area contributed by atoms with Crippen LogP contribution in [-0.4, -0.2) is 26.2 Å². The van der Waals surface area contributed by atoms with Crippen LogP contribution in [0.4, 0.5) is 0 Å². The molecule has 3 nitrogen and oxygen atoms in total. The molecule has 0 heterocycles. The van der Waals surface area contributed by atoms with Gasteiger partial charge in [-0.15, -0.1) is 12.4 Å². The topological polar surface area (TPSA) is 38.3 Å². The molecule has 0 aromatic rings. The van der Waals surface area contributed by atoms with E-state index in [4.69, 9.17) is 0 Å². The van der Waals surface area contributed by atoms with Gasteiger partial charge in [0, 0.05) is 6.04 Å². The van der Waals surface area contributed by atoms with E-state index in [1.54, 1.807) is 0 Å². The van der Waals surface area contributed by atoms with Crippen molar-refractivity contribution in [1.82, 2.24) is 5.32 Å². The maximum Gasteiger partial charge on any atom is 0.307 e. The number of carbonyl (C=O) groups is 1. The molecule has 0 saturated carbocycles. The van der Waals surface area contributed by atoms with E-state index in [-0.39, 0.29) is 24.4 Å². The number of hydrogen-bond donors (Lipinski definition) is 1. The van der Waals surface area contributed by atoms with Crippen molar-refractivity contribution in [3.8, 4) is 0 Å². The van der Waals surface area contributed by atoms with Crippen molar-refractivity contribution in [2.45, 2.75) is 32.7 Å². The third-order valence-corrected chi connectivity index (χ3v) is 1.80. The van der Waals surface area contributed by atoms with Gasteiger partial charge in [0.2, 0.25) is 0 Å². The third kappa shape index (κ3) is 8.06. The standard InChI is InChI=1S/C9H19NO2.ClH/c1-7(2)5-8(10-3)6-9(11)12-4;/h7-8,10H,5-6H2,1-4H3;1H/t8-;/m1./s1. The van der Waals surface area contributed by atoms with Crippen molar-refractivity contribution in [3.05, 3.63) is 0 Å². The molecule has 0 rings (SSSR count). The predicted octanol–water partition coefficient (Wildman–Crippen LogP) is 1.61. The van der Waals surface area contributed by atoms with Gasteiger partial charge in [-0.05, 0) is 19.4 Å². The van der Waals surface area contributed by atoms with Crippen LogP contribution in [0.1, 0.15) is 26.7 Å². The Labute approximate surface area is 86.6 Å². The number of nitrogens with one attached hydrogen (secondary N) is 1. The van der Waals surface area contributed by atoms with E-state index >= 15 is 0 Å². The van der Waals surface area contributed by atoms with Crippen LogP contribution in [0.5, 0.6) is 0 Å². The molecule has 1 N–H and O–H groups in total. The molecule has 80 valence electrons. The number of halogens is 1. The highest BCUT2D eigenvalue weighted by atomic mass is 35.5. The first-order valence-corrected chi connectivity index (χ1v) is 4.34. The van der Waals surface area contributed by atoms with Gasteiger partial charge in [-0.25, -0.2) is 0 Å². The number of carbonyl (C=O) groups excluding carboxylic acids is 1. The Hall–Kier alpha value is -0.280. The van der Waals surface area contributed by atoms with Crippen LogP contribution in [0.15, 0.2) is 0 Å². The van der Waals surface area contributed by atoms with E-state index < -0.39 is 0 Å². The Morgan fingerprint density at radius 3 is 2.31 bits per heavy atom. The summed E-state index contributed by atoms with van der Waals surface area (Å²) in [5.74, 6) is 0.460. The molecule has 0 saturated heterocycles. The lowest BCUT2D eigenvalue weighted by Crippen LogP contribution is -2.29. The number of rotatable bonds is 5. The second-order valence-electron chi connectivity index (χ2n) is 3.40. The first kappa shape index (κ1) is 15.2. The van der Waals surface area contributed by atoms with E-state index in [0.29, 0.717) is 12.3 Å². The van der Waals surface area contributed by atoms with Gasteiger partial charge >= 0.3 is 5.97 Å². The van der Waals surface area contributed by atoms with Crippen LogP contribution >= 0.6 is 12.4 Å². The summed E-state index contributed by atoms with van der Waals surface area (Å²) >= 11 is 0. The lowest BCUT2D eigenvalue weighted by atomic mass is 10.0. The minimum atomic E-state index is -0.144. The normalized spacial score (nSPS) is 12.1. The van der Waals surface area contributed by atoms with Crippen molar-refractivity contribution < 1.29 is 9.53 Å². The molecule has 4 heteroatoms. The van der Waals surface area contributed by atoms with Gasteiger partial charge in [0.1, 0.15) is 0 Å². The molecule has 0 radical (unpaired) electrons. The van der Waals surface area contributed by atoms with Gasteiger partial charge in [-0.1, -0.05) is 13.8 Å². The maximum absolute atomic E-state index is 10.9. The zero-order chi connectivity index (χ0) is 9.56. The minimum absolute atomic E-state index is 0. The fourth-order valence-corrected chi connectivity index (χ4v) is 1.16. The van der Waals surface area contributed by atoms with E-state index in [1.807, 2.05) is 7.05 Å². The summed E-state index contributed by atoms with van der Waals surface area (Å²) in [5, 5.41) is 3.10. The molecule has 0 aliphatic heterocycles. The highest BCUT2D eigenvalue weighted by molar-refractivity contribution is 5.85. The zero-order valence-corrected chi connectivity index (χ0v) is 9.61. The van der Waals surface area contributed by atoms with Crippen LogP contribution in [-0.2, 0) is 9.53 Å². The molecule has 0 aromatic carbocycles. The second kappa shape index (κ2) is 8.32. The summed E-state index contributed by atoms with van der Waals surface area (Å²) in [6.07, 6.45) is 1.47. The maximum atomic E-state index is 10.9. The average molecular weight is 210 g/mol. The van der Waals surface area contributed by atoms with Gasteiger partial charge in [0.15, 0.2) is 0 Å². The first-order valence-electron chi connectivity index (χ1n) is 4.34.